The molecule has 1 unspecified atom stereocenters. The van der Waals surface area contributed by atoms with Gasteiger partial charge in [0.2, 0.25) is 0 Å². The molecule has 0 saturated carbocycles. The Morgan fingerprint density at radius 2 is 2.28 bits per heavy atom. The van der Waals surface area contributed by atoms with Crippen LogP contribution in [0.1, 0.15) is 16.9 Å². The molecule has 3 N–H and O–H groups in total. The van der Waals surface area contributed by atoms with Crippen molar-refractivity contribution in [2.75, 3.05) is 18.5 Å². The summed E-state index contributed by atoms with van der Waals surface area (Å²) in [6, 6.07) is 2.49. The Labute approximate surface area is 103 Å². The van der Waals surface area contributed by atoms with Gasteiger partial charge in [-0.25, -0.2) is 14.6 Å². The summed E-state index contributed by atoms with van der Waals surface area (Å²) in [5.41, 5.74) is 0.376. The number of ether oxygens (including phenoxy) is 1. The predicted molar refractivity (Wildman–Crippen MR) is 62.6 cm³/mol. The molecule has 2 heterocycles. The Morgan fingerprint density at radius 1 is 1.44 bits per heavy atom. The first-order chi connectivity index (χ1) is 8.65. The third-order valence-corrected chi connectivity index (χ3v) is 2.51. The zero-order valence-electron chi connectivity index (χ0n) is 9.55. The van der Waals surface area contributed by atoms with Gasteiger partial charge in [0.25, 0.3) is 0 Å². The van der Waals surface area contributed by atoms with Gasteiger partial charge >= 0.3 is 12.0 Å². The van der Waals surface area contributed by atoms with Gasteiger partial charge in [-0.3, -0.25) is 0 Å². The highest BCUT2D eigenvalue weighted by atomic mass is 16.5. The first-order valence-electron chi connectivity index (χ1n) is 5.50. The van der Waals surface area contributed by atoms with Crippen LogP contribution in [0.25, 0.3) is 0 Å². The minimum Gasteiger partial charge on any atom is -0.477 e. The number of anilines is 1. The van der Waals surface area contributed by atoms with Crippen molar-refractivity contribution in [3.8, 4) is 0 Å². The summed E-state index contributed by atoms with van der Waals surface area (Å²) in [5, 5.41) is 14.0. The number of aromatic carboxylic acids is 1. The first kappa shape index (κ1) is 12.3. The number of carbonyl (C=O) groups is 2. The number of rotatable bonds is 3. The van der Waals surface area contributed by atoms with Crippen LogP contribution < -0.4 is 10.6 Å². The zero-order chi connectivity index (χ0) is 13.0. The second-order valence-electron chi connectivity index (χ2n) is 3.90. The van der Waals surface area contributed by atoms with Gasteiger partial charge in [-0.1, -0.05) is 0 Å². The summed E-state index contributed by atoms with van der Waals surface area (Å²) < 4.78 is 5.13. The molecule has 2 rings (SSSR count). The molecular formula is C11H13N3O4. The molecule has 7 heteroatoms. The van der Waals surface area contributed by atoms with Crippen molar-refractivity contribution in [3.05, 3.63) is 24.0 Å². The summed E-state index contributed by atoms with van der Waals surface area (Å²) in [6.45, 7) is 1.17. The Balaban J connectivity index is 1.88. The van der Waals surface area contributed by atoms with Crippen LogP contribution in [0.4, 0.5) is 10.5 Å². The Hall–Kier alpha value is -2.15. The number of urea groups is 1. The SMILES string of the molecule is O=C(Nc1ccc(C(=O)O)nc1)NC1CCOC1. The predicted octanol–water partition coefficient (Wildman–Crippen LogP) is 0.690. The molecule has 0 aliphatic carbocycles. The van der Waals surface area contributed by atoms with Gasteiger partial charge in [-0.15, -0.1) is 0 Å². The number of carbonyl (C=O) groups excluding carboxylic acids is 1. The summed E-state index contributed by atoms with van der Waals surface area (Å²) >= 11 is 0. The van der Waals surface area contributed by atoms with Crippen LogP contribution >= 0.6 is 0 Å². The maximum atomic E-state index is 11.6. The van der Waals surface area contributed by atoms with Gasteiger partial charge in [-0.2, -0.15) is 0 Å². The van der Waals surface area contributed by atoms with Crippen LogP contribution in [0.3, 0.4) is 0 Å². The van der Waals surface area contributed by atoms with Gasteiger partial charge in [0.15, 0.2) is 0 Å². The number of hydrogen-bond donors (Lipinski definition) is 3. The number of nitrogens with zero attached hydrogens (tertiary/aromatic N) is 1. The summed E-state index contributed by atoms with van der Waals surface area (Å²) in [6.07, 6.45) is 2.10. The van der Waals surface area contributed by atoms with E-state index in [1.165, 1.54) is 18.3 Å². The van der Waals surface area contributed by atoms with Crippen molar-refractivity contribution in [1.82, 2.24) is 10.3 Å². The first-order valence-corrected chi connectivity index (χ1v) is 5.50. The lowest BCUT2D eigenvalue weighted by atomic mass is 10.3. The van der Waals surface area contributed by atoms with E-state index in [9.17, 15) is 9.59 Å². The second kappa shape index (κ2) is 5.46. The third-order valence-electron chi connectivity index (χ3n) is 2.51. The van der Waals surface area contributed by atoms with Crippen LogP contribution in [-0.4, -0.2) is 41.3 Å². The van der Waals surface area contributed by atoms with E-state index in [-0.39, 0.29) is 17.8 Å². The van der Waals surface area contributed by atoms with Crippen molar-refractivity contribution in [1.29, 1.82) is 0 Å². The van der Waals surface area contributed by atoms with Crippen molar-refractivity contribution in [2.45, 2.75) is 12.5 Å². The molecule has 1 saturated heterocycles. The van der Waals surface area contributed by atoms with E-state index in [1.54, 1.807) is 0 Å². The lowest BCUT2D eigenvalue weighted by Gasteiger charge is -2.11. The molecule has 0 bridgehead atoms. The third kappa shape index (κ3) is 3.17. The van der Waals surface area contributed by atoms with Crippen molar-refractivity contribution in [3.63, 3.8) is 0 Å². The monoisotopic (exact) mass is 251 g/mol. The van der Waals surface area contributed by atoms with Crippen LogP contribution in [0, 0.1) is 0 Å². The maximum absolute atomic E-state index is 11.6. The molecule has 1 atom stereocenters. The van der Waals surface area contributed by atoms with Crippen molar-refractivity contribution < 1.29 is 19.4 Å². The molecule has 0 aromatic carbocycles. The van der Waals surface area contributed by atoms with Gasteiger partial charge in [0, 0.05) is 6.61 Å². The second-order valence-corrected chi connectivity index (χ2v) is 3.90. The Morgan fingerprint density at radius 3 is 2.83 bits per heavy atom. The van der Waals surface area contributed by atoms with Crippen LogP contribution in [0.5, 0.6) is 0 Å². The molecule has 1 fully saturated rings. The fourth-order valence-electron chi connectivity index (χ4n) is 1.60. The fourth-order valence-corrected chi connectivity index (χ4v) is 1.60. The molecule has 0 radical (unpaired) electrons. The fraction of sp³-hybridized carbons (Fsp3) is 0.364. The normalized spacial score (nSPS) is 18.3. The van der Waals surface area contributed by atoms with E-state index in [0.717, 1.165) is 6.42 Å². The smallest absolute Gasteiger partial charge is 0.354 e. The number of nitrogens with one attached hydrogen (secondary N) is 2. The molecule has 1 aromatic heterocycles. The van der Waals surface area contributed by atoms with Gasteiger partial charge in [-0.05, 0) is 18.6 Å². The summed E-state index contributed by atoms with van der Waals surface area (Å²) in [4.78, 5) is 25.9. The highest BCUT2D eigenvalue weighted by Gasteiger charge is 2.17. The number of carboxylic acids is 1. The van der Waals surface area contributed by atoms with E-state index >= 15 is 0 Å². The van der Waals surface area contributed by atoms with E-state index in [1.807, 2.05) is 0 Å². The molecule has 96 valence electrons. The lowest BCUT2D eigenvalue weighted by molar-refractivity contribution is 0.0690. The van der Waals surface area contributed by atoms with E-state index < -0.39 is 5.97 Å². The Bertz CT molecular complexity index is 440. The van der Waals surface area contributed by atoms with Crippen LogP contribution in [0.2, 0.25) is 0 Å². The van der Waals surface area contributed by atoms with Crippen molar-refractivity contribution >= 4 is 17.7 Å². The highest BCUT2D eigenvalue weighted by molar-refractivity contribution is 5.90. The topological polar surface area (TPSA) is 101 Å². The molecule has 1 aromatic rings. The summed E-state index contributed by atoms with van der Waals surface area (Å²) in [7, 11) is 0. The Kier molecular flexibility index (Phi) is 3.73. The van der Waals surface area contributed by atoms with Gasteiger partial charge in [0.05, 0.1) is 24.5 Å². The number of amides is 2. The van der Waals surface area contributed by atoms with Crippen LogP contribution in [-0.2, 0) is 4.74 Å². The molecule has 2 amide bonds. The zero-order valence-corrected chi connectivity index (χ0v) is 9.55. The molecule has 1 aliphatic rings. The quantitative estimate of drug-likeness (QED) is 0.733. The number of hydrogen-bond acceptors (Lipinski definition) is 4. The average molecular weight is 251 g/mol. The number of pyridine rings is 1. The van der Waals surface area contributed by atoms with Crippen molar-refractivity contribution in [2.24, 2.45) is 0 Å². The molecule has 7 nitrogen and oxygen atoms in total. The lowest BCUT2D eigenvalue weighted by Crippen LogP contribution is -2.38. The van der Waals surface area contributed by atoms with Gasteiger partial charge in [0.1, 0.15) is 5.69 Å². The summed E-state index contributed by atoms with van der Waals surface area (Å²) in [5.74, 6) is -1.10. The van der Waals surface area contributed by atoms with Gasteiger partial charge < -0.3 is 20.5 Å². The average Bonchev–Trinajstić information content (AvgIpc) is 2.82. The van der Waals surface area contributed by atoms with E-state index in [0.29, 0.717) is 18.9 Å². The molecule has 18 heavy (non-hydrogen) atoms. The van der Waals surface area contributed by atoms with Crippen LogP contribution in [0.15, 0.2) is 18.3 Å². The minimum atomic E-state index is -1.10. The highest BCUT2D eigenvalue weighted by Crippen LogP contribution is 2.07. The standard InChI is InChI=1S/C11H13N3O4/c15-10(16)9-2-1-7(5-12-9)13-11(17)14-8-3-4-18-6-8/h1-2,5,8H,3-4,6H2,(H,15,16)(H2,13,14,17). The number of aromatic nitrogens is 1. The maximum Gasteiger partial charge on any atom is 0.354 e. The van der Waals surface area contributed by atoms with E-state index in [4.69, 9.17) is 9.84 Å². The van der Waals surface area contributed by atoms with E-state index in [2.05, 4.69) is 15.6 Å². The molecule has 1 aliphatic heterocycles. The minimum absolute atomic E-state index is 0.0243. The molecular weight excluding hydrogens is 238 g/mol. The number of carboxylic acid groups (broad SMARTS) is 1. The largest absolute Gasteiger partial charge is 0.477 e. The molecule has 0 spiro atoms.